The van der Waals surface area contributed by atoms with Gasteiger partial charge in [-0.1, -0.05) is 38.1 Å². The molecule has 0 aliphatic carbocycles. The molecular formula is C13H21N. The zero-order chi connectivity index (χ0) is 13.5. The van der Waals surface area contributed by atoms with Crippen molar-refractivity contribution in [3.63, 3.8) is 0 Å². The van der Waals surface area contributed by atoms with Gasteiger partial charge in [-0.3, -0.25) is 4.90 Å². The molecule has 2 rings (SSSR count). The Bertz CT molecular complexity index is 373. The van der Waals surface area contributed by atoms with Crippen LogP contribution in [-0.4, -0.2) is 23.5 Å². The van der Waals surface area contributed by atoms with Gasteiger partial charge in [0.15, 0.2) is 0 Å². The Labute approximate surface area is 93.1 Å². The van der Waals surface area contributed by atoms with E-state index in [0.29, 0.717) is 19.0 Å². The minimum absolute atomic E-state index is 0.0282. The summed E-state index contributed by atoms with van der Waals surface area (Å²) in [5, 5.41) is 0. The van der Waals surface area contributed by atoms with E-state index in [-0.39, 0.29) is 18.6 Å². The topological polar surface area (TPSA) is 3.24 Å². The van der Waals surface area contributed by atoms with Crippen LogP contribution in [0, 0.1) is 5.92 Å². The van der Waals surface area contributed by atoms with Gasteiger partial charge in [0.2, 0.25) is 0 Å². The van der Waals surface area contributed by atoms with E-state index >= 15 is 0 Å². The normalized spacial score (nSPS) is 29.6. The summed E-state index contributed by atoms with van der Waals surface area (Å²) >= 11 is 0. The summed E-state index contributed by atoms with van der Waals surface area (Å²) in [6.07, 6.45) is 2.55. The molecule has 2 saturated heterocycles. The molecule has 0 aromatic heterocycles. The molecule has 0 aromatic carbocycles. The molecule has 0 N–H and O–H groups in total. The third-order valence-electron chi connectivity index (χ3n) is 3.31. The van der Waals surface area contributed by atoms with Crippen LogP contribution in [0.3, 0.4) is 0 Å². The average molecular weight is 195 g/mol. The summed E-state index contributed by atoms with van der Waals surface area (Å²) in [6, 6.07) is 0. The molecule has 2 fully saturated rings. The molecular weight excluding hydrogens is 170 g/mol. The summed E-state index contributed by atoms with van der Waals surface area (Å²) in [5.74, 6) is 0.547. The fourth-order valence-corrected chi connectivity index (χ4v) is 3.08. The van der Waals surface area contributed by atoms with Crippen LogP contribution in [0.15, 0.2) is 24.2 Å². The molecule has 0 spiro atoms. The van der Waals surface area contributed by atoms with Crippen LogP contribution < -0.4 is 0 Å². The van der Waals surface area contributed by atoms with E-state index in [2.05, 4.69) is 18.7 Å². The Morgan fingerprint density at radius 3 is 2.36 bits per heavy atom. The van der Waals surface area contributed by atoms with Gasteiger partial charge in [-0.25, -0.2) is 0 Å². The summed E-state index contributed by atoms with van der Waals surface area (Å²) < 4.78 is 30.0. The second-order valence-electron chi connectivity index (χ2n) is 5.24. The Hall–Kier alpha value is -0.560. The highest BCUT2D eigenvalue weighted by molar-refractivity contribution is 5.26. The maximum absolute atomic E-state index is 7.49. The van der Waals surface area contributed by atoms with Gasteiger partial charge in [0.25, 0.3) is 0 Å². The Balaban J connectivity index is 2.30. The van der Waals surface area contributed by atoms with Crippen molar-refractivity contribution in [2.75, 3.05) is 13.1 Å². The maximum Gasteiger partial charge on any atom is 0.0538 e. The highest BCUT2D eigenvalue weighted by Crippen LogP contribution is 2.46. The molecule has 0 bridgehead atoms. The molecule has 0 radical (unpaired) electrons. The summed E-state index contributed by atoms with van der Waals surface area (Å²) in [7, 11) is 0. The molecule has 2 aliphatic rings. The van der Waals surface area contributed by atoms with Gasteiger partial charge in [0.1, 0.15) is 0 Å². The van der Waals surface area contributed by atoms with Crippen LogP contribution in [-0.2, 0) is 0 Å². The molecule has 14 heavy (non-hydrogen) atoms. The van der Waals surface area contributed by atoms with Crippen molar-refractivity contribution in [1.29, 1.82) is 0 Å². The van der Waals surface area contributed by atoms with Gasteiger partial charge >= 0.3 is 0 Å². The lowest BCUT2D eigenvalue weighted by atomic mass is 9.84. The van der Waals surface area contributed by atoms with Crippen molar-refractivity contribution >= 4 is 0 Å². The van der Waals surface area contributed by atoms with Crippen molar-refractivity contribution < 1.29 is 5.48 Å². The van der Waals surface area contributed by atoms with Crippen molar-refractivity contribution in [3.05, 3.63) is 24.2 Å². The molecule has 2 heterocycles. The Kier molecular flexibility index (Phi) is 1.41. The molecule has 0 unspecified atom stereocenters. The van der Waals surface area contributed by atoms with Crippen LogP contribution in [0.1, 0.15) is 38.6 Å². The second kappa shape index (κ2) is 3.23. The first-order valence-electron chi connectivity index (χ1n) is 7.39. The smallest absolute Gasteiger partial charge is 0.0538 e. The minimum Gasteiger partial charge on any atom is -0.289 e. The molecule has 2 aliphatic heterocycles. The third kappa shape index (κ3) is 1.54. The molecule has 1 heteroatoms. The monoisotopic (exact) mass is 195 g/mol. The van der Waals surface area contributed by atoms with Gasteiger partial charge in [-0.15, -0.1) is 0 Å². The highest BCUT2D eigenvalue weighted by Gasteiger charge is 2.46. The van der Waals surface area contributed by atoms with Gasteiger partial charge in [0, 0.05) is 18.6 Å². The van der Waals surface area contributed by atoms with Gasteiger partial charge < -0.3 is 0 Å². The van der Waals surface area contributed by atoms with E-state index < -0.39 is 0 Å². The van der Waals surface area contributed by atoms with E-state index in [9.17, 15) is 0 Å². The number of nitrogens with zero attached hydrogens (tertiary/aromatic N) is 1. The van der Waals surface area contributed by atoms with Crippen molar-refractivity contribution in [3.8, 4) is 0 Å². The number of hydrogen-bond donors (Lipinski definition) is 0. The lowest BCUT2D eigenvalue weighted by Crippen LogP contribution is -2.39. The van der Waals surface area contributed by atoms with Crippen LogP contribution in [0.2, 0.25) is 0 Å². The quantitative estimate of drug-likeness (QED) is 0.612. The summed E-state index contributed by atoms with van der Waals surface area (Å²) in [5.41, 5.74) is 1.79. The Morgan fingerprint density at radius 2 is 1.93 bits per heavy atom. The maximum atomic E-state index is 7.49. The summed E-state index contributed by atoms with van der Waals surface area (Å²) in [6.45, 7) is 5.62. The first kappa shape index (κ1) is 6.12. The molecule has 0 amide bonds. The lowest BCUT2D eigenvalue weighted by molar-refractivity contribution is 0.163. The van der Waals surface area contributed by atoms with Gasteiger partial charge in [-0.2, -0.15) is 0 Å². The predicted octanol–water partition coefficient (Wildman–Crippen LogP) is 2.99. The zero-order valence-corrected chi connectivity index (χ0v) is 9.06. The van der Waals surface area contributed by atoms with E-state index in [4.69, 9.17) is 5.48 Å². The van der Waals surface area contributed by atoms with Crippen LogP contribution >= 0.6 is 0 Å². The first-order valence-corrected chi connectivity index (χ1v) is 5.39. The predicted molar refractivity (Wildman–Crippen MR) is 61.3 cm³/mol. The Morgan fingerprint density at radius 1 is 1.36 bits per heavy atom. The first-order chi connectivity index (χ1) is 8.34. The minimum atomic E-state index is -0.0463. The number of hydrogen-bond acceptors (Lipinski definition) is 1. The zero-order valence-electron chi connectivity index (χ0n) is 13.1. The highest BCUT2D eigenvalue weighted by atomic mass is 15.2. The second-order valence-corrected chi connectivity index (χ2v) is 5.24. The van der Waals surface area contributed by atoms with Crippen molar-refractivity contribution in [2.45, 2.75) is 38.6 Å². The van der Waals surface area contributed by atoms with Crippen LogP contribution in [0.25, 0.3) is 0 Å². The largest absolute Gasteiger partial charge is 0.289 e. The van der Waals surface area contributed by atoms with E-state index in [1.165, 1.54) is 0 Å². The third-order valence-corrected chi connectivity index (χ3v) is 3.31. The standard InChI is InChI=1S/C13H21N/c1-10(2)5-13-6-11(3)8-14(13)9-12(4)7-13/h10H,3-9H2,1-2H3/i3D2,4D2. The SMILES string of the molecule is [2H]C([2H])=C1CN2CC(=C([2H])[2H])CC2(CC(C)C)C1. The molecule has 0 saturated carbocycles. The van der Waals surface area contributed by atoms with Crippen molar-refractivity contribution in [2.24, 2.45) is 5.92 Å². The van der Waals surface area contributed by atoms with Crippen LogP contribution in [0.5, 0.6) is 0 Å². The lowest BCUT2D eigenvalue weighted by Gasteiger charge is -2.32. The van der Waals surface area contributed by atoms with E-state index in [1.54, 1.807) is 0 Å². The molecule has 78 valence electrons. The van der Waals surface area contributed by atoms with Crippen molar-refractivity contribution in [1.82, 2.24) is 4.90 Å². The number of fused-ring (bicyclic) bond motifs is 1. The molecule has 0 atom stereocenters. The molecule has 1 nitrogen and oxygen atoms in total. The van der Waals surface area contributed by atoms with E-state index in [1.807, 2.05) is 0 Å². The van der Waals surface area contributed by atoms with Gasteiger partial charge in [-0.05, 0) is 25.2 Å². The van der Waals surface area contributed by atoms with E-state index in [0.717, 1.165) is 30.4 Å². The summed E-state index contributed by atoms with van der Waals surface area (Å²) in [4.78, 5) is 2.28. The number of rotatable bonds is 2. The molecule has 0 aromatic rings. The van der Waals surface area contributed by atoms with Crippen LogP contribution in [0.4, 0.5) is 0 Å². The average Bonchev–Trinajstić information content (AvgIpc) is 2.69. The fourth-order valence-electron chi connectivity index (χ4n) is 3.08. The van der Waals surface area contributed by atoms with Gasteiger partial charge in [0.05, 0.1) is 5.48 Å². The fraction of sp³-hybridized carbons (Fsp3) is 0.692.